The van der Waals surface area contributed by atoms with Crippen molar-refractivity contribution in [2.75, 3.05) is 5.32 Å². The van der Waals surface area contributed by atoms with Gasteiger partial charge in [0.05, 0.1) is 10.2 Å². The lowest BCUT2D eigenvalue weighted by atomic mass is 10.2. The van der Waals surface area contributed by atoms with Crippen LogP contribution in [0.4, 0.5) is 5.13 Å². The number of amides is 1. The summed E-state index contributed by atoms with van der Waals surface area (Å²) in [7, 11) is 0. The second kappa shape index (κ2) is 5.33. The molecule has 0 fully saturated rings. The SMILES string of the molecule is CCc1ccc2nc(NC(=O)Cn3cnnn3)sc2c1. The number of nitrogens with zero attached hydrogens (tertiary/aromatic N) is 5. The van der Waals surface area contributed by atoms with Crippen molar-refractivity contribution in [3.63, 3.8) is 0 Å². The lowest BCUT2D eigenvalue weighted by Gasteiger charge is -1.99. The van der Waals surface area contributed by atoms with Crippen LogP contribution in [-0.4, -0.2) is 31.1 Å². The Labute approximate surface area is 118 Å². The monoisotopic (exact) mass is 288 g/mol. The quantitative estimate of drug-likeness (QED) is 0.786. The first-order valence-electron chi connectivity index (χ1n) is 6.14. The van der Waals surface area contributed by atoms with Gasteiger partial charge in [-0.2, -0.15) is 0 Å². The van der Waals surface area contributed by atoms with Crippen LogP contribution in [0, 0.1) is 0 Å². The van der Waals surface area contributed by atoms with Crippen LogP contribution in [0.5, 0.6) is 0 Å². The summed E-state index contributed by atoms with van der Waals surface area (Å²) in [4.78, 5) is 16.2. The van der Waals surface area contributed by atoms with Gasteiger partial charge in [0.15, 0.2) is 5.13 Å². The van der Waals surface area contributed by atoms with E-state index in [1.165, 1.54) is 27.9 Å². The largest absolute Gasteiger partial charge is 0.300 e. The Bertz CT molecular complexity index is 736. The summed E-state index contributed by atoms with van der Waals surface area (Å²) in [6.45, 7) is 2.18. The lowest BCUT2D eigenvalue weighted by Crippen LogP contribution is -2.19. The van der Waals surface area contributed by atoms with E-state index in [2.05, 4.69) is 44.9 Å². The molecule has 0 aliphatic rings. The van der Waals surface area contributed by atoms with Gasteiger partial charge in [-0.05, 0) is 34.5 Å². The van der Waals surface area contributed by atoms with Gasteiger partial charge < -0.3 is 5.32 Å². The Balaban J connectivity index is 1.75. The number of hydrogen-bond acceptors (Lipinski definition) is 6. The van der Waals surface area contributed by atoms with Gasteiger partial charge in [-0.1, -0.05) is 24.3 Å². The van der Waals surface area contributed by atoms with Gasteiger partial charge in [-0.15, -0.1) is 5.10 Å². The number of nitrogens with one attached hydrogen (secondary N) is 1. The van der Waals surface area contributed by atoms with Crippen LogP contribution in [0.15, 0.2) is 24.5 Å². The molecule has 0 atom stereocenters. The minimum absolute atomic E-state index is 0.0726. The molecule has 20 heavy (non-hydrogen) atoms. The molecular weight excluding hydrogens is 276 g/mol. The highest BCUT2D eigenvalue weighted by Crippen LogP contribution is 2.26. The van der Waals surface area contributed by atoms with Crippen molar-refractivity contribution >= 4 is 32.6 Å². The van der Waals surface area contributed by atoms with E-state index in [1.807, 2.05) is 6.07 Å². The second-order valence-electron chi connectivity index (χ2n) is 4.23. The fourth-order valence-corrected chi connectivity index (χ4v) is 2.75. The molecule has 8 heteroatoms. The average Bonchev–Trinajstić information content (AvgIpc) is 3.06. The zero-order valence-electron chi connectivity index (χ0n) is 10.8. The molecule has 0 spiro atoms. The number of hydrogen-bond donors (Lipinski definition) is 1. The van der Waals surface area contributed by atoms with Gasteiger partial charge >= 0.3 is 0 Å². The Morgan fingerprint density at radius 1 is 1.45 bits per heavy atom. The molecular formula is C12H12N6OS. The zero-order chi connectivity index (χ0) is 13.9. The van der Waals surface area contributed by atoms with Gasteiger partial charge in [-0.25, -0.2) is 9.67 Å². The molecule has 0 aliphatic heterocycles. The van der Waals surface area contributed by atoms with Crippen LogP contribution in [0.3, 0.4) is 0 Å². The molecule has 3 aromatic rings. The molecule has 1 amide bonds. The van der Waals surface area contributed by atoms with Crippen LogP contribution in [-0.2, 0) is 17.8 Å². The number of fused-ring (bicyclic) bond motifs is 1. The average molecular weight is 288 g/mol. The summed E-state index contributed by atoms with van der Waals surface area (Å²) in [5.41, 5.74) is 2.15. The molecule has 3 rings (SSSR count). The molecule has 0 bridgehead atoms. The smallest absolute Gasteiger partial charge is 0.248 e. The van der Waals surface area contributed by atoms with Gasteiger partial charge in [0, 0.05) is 0 Å². The second-order valence-corrected chi connectivity index (χ2v) is 5.26. The highest BCUT2D eigenvalue weighted by molar-refractivity contribution is 7.22. The molecule has 1 aromatic carbocycles. The fourth-order valence-electron chi connectivity index (χ4n) is 1.80. The van der Waals surface area contributed by atoms with E-state index in [9.17, 15) is 4.79 Å². The zero-order valence-corrected chi connectivity index (χ0v) is 11.6. The normalized spacial score (nSPS) is 10.8. The Morgan fingerprint density at radius 3 is 3.10 bits per heavy atom. The molecule has 0 aliphatic carbocycles. The van der Waals surface area contributed by atoms with Crippen LogP contribution < -0.4 is 5.32 Å². The van der Waals surface area contributed by atoms with E-state index in [4.69, 9.17) is 0 Å². The first kappa shape index (κ1) is 12.7. The molecule has 2 aromatic heterocycles. The van der Waals surface area contributed by atoms with Crippen molar-refractivity contribution in [2.45, 2.75) is 19.9 Å². The molecule has 2 heterocycles. The molecule has 0 saturated heterocycles. The number of benzene rings is 1. The van der Waals surface area contributed by atoms with Crippen LogP contribution in [0.25, 0.3) is 10.2 Å². The van der Waals surface area contributed by atoms with Crippen molar-refractivity contribution < 1.29 is 4.79 Å². The summed E-state index contributed by atoms with van der Waals surface area (Å²) < 4.78 is 2.43. The lowest BCUT2D eigenvalue weighted by molar-refractivity contribution is -0.116. The number of tetrazole rings is 1. The fraction of sp³-hybridized carbons (Fsp3) is 0.250. The van der Waals surface area contributed by atoms with Crippen LogP contribution in [0.1, 0.15) is 12.5 Å². The number of rotatable bonds is 4. The first-order chi connectivity index (χ1) is 9.74. The topological polar surface area (TPSA) is 85.6 Å². The summed E-state index contributed by atoms with van der Waals surface area (Å²) in [6.07, 6.45) is 2.38. The molecule has 1 N–H and O–H groups in total. The van der Waals surface area contributed by atoms with Crippen molar-refractivity contribution in [1.82, 2.24) is 25.2 Å². The standard InChI is InChI=1S/C12H12N6OS/c1-2-8-3-4-9-10(5-8)20-12(14-9)15-11(19)6-18-7-13-16-17-18/h3-5,7H,2,6H2,1H3,(H,14,15,19). The predicted octanol–water partition coefficient (Wildman–Crippen LogP) is 1.48. The molecule has 7 nitrogen and oxygen atoms in total. The van der Waals surface area contributed by atoms with E-state index >= 15 is 0 Å². The van der Waals surface area contributed by atoms with Crippen LogP contribution in [0.2, 0.25) is 0 Å². The Kier molecular flexibility index (Phi) is 3.38. The summed E-state index contributed by atoms with van der Waals surface area (Å²) >= 11 is 1.46. The number of aromatic nitrogens is 5. The maximum atomic E-state index is 11.8. The maximum absolute atomic E-state index is 11.8. The number of aryl methyl sites for hydroxylation is 1. The highest BCUT2D eigenvalue weighted by Gasteiger charge is 2.09. The minimum Gasteiger partial charge on any atom is -0.300 e. The van der Waals surface area contributed by atoms with Crippen molar-refractivity contribution in [1.29, 1.82) is 0 Å². The van der Waals surface area contributed by atoms with Gasteiger partial charge in [0.25, 0.3) is 0 Å². The molecule has 102 valence electrons. The van der Waals surface area contributed by atoms with E-state index in [-0.39, 0.29) is 12.5 Å². The van der Waals surface area contributed by atoms with E-state index in [0.29, 0.717) is 5.13 Å². The Morgan fingerprint density at radius 2 is 2.35 bits per heavy atom. The van der Waals surface area contributed by atoms with Crippen molar-refractivity contribution in [3.05, 3.63) is 30.1 Å². The van der Waals surface area contributed by atoms with Crippen LogP contribution >= 0.6 is 11.3 Å². The third kappa shape index (κ3) is 2.64. The van der Waals surface area contributed by atoms with Crippen molar-refractivity contribution in [3.8, 4) is 0 Å². The highest BCUT2D eigenvalue weighted by atomic mass is 32.1. The molecule has 0 radical (unpaired) electrons. The third-order valence-corrected chi connectivity index (χ3v) is 3.74. The van der Waals surface area contributed by atoms with Crippen molar-refractivity contribution in [2.24, 2.45) is 0 Å². The predicted molar refractivity (Wildman–Crippen MR) is 75.4 cm³/mol. The molecule has 0 unspecified atom stereocenters. The van der Waals surface area contributed by atoms with E-state index in [0.717, 1.165) is 16.6 Å². The number of carbonyl (C=O) groups excluding carboxylic acids is 1. The summed E-state index contributed by atoms with van der Waals surface area (Å²) in [6, 6.07) is 6.13. The maximum Gasteiger partial charge on any atom is 0.248 e. The number of carbonyl (C=O) groups is 1. The third-order valence-electron chi connectivity index (χ3n) is 2.80. The first-order valence-corrected chi connectivity index (χ1v) is 6.96. The molecule has 0 saturated carbocycles. The van der Waals surface area contributed by atoms with Gasteiger partial charge in [-0.3, -0.25) is 4.79 Å². The Hall–Kier alpha value is -2.35. The summed E-state index contributed by atoms with van der Waals surface area (Å²) in [5, 5.41) is 13.9. The van der Waals surface area contributed by atoms with Gasteiger partial charge in [0.1, 0.15) is 12.9 Å². The number of thiazole rings is 1. The van der Waals surface area contributed by atoms with Gasteiger partial charge in [0.2, 0.25) is 5.91 Å². The number of anilines is 1. The summed E-state index contributed by atoms with van der Waals surface area (Å²) in [5.74, 6) is -0.202. The minimum atomic E-state index is -0.202. The van der Waals surface area contributed by atoms with E-state index < -0.39 is 0 Å². The van der Waals surface area contributed by atoms with E-state index in [1.54, 1.807) is 0 Å².